The number of hydrogen-bond acceptors (Lipinski definition) is 5. The van der Waals surface area contributed by atoms with E-state index in [1.807, 2.05) is 12.1 Å². The van der Waals surface area contributed by atoms with E-state index in [1.165, 1.54) is 6.33 Å². The van der Waals surface area contributed by atoms with Crippen LogP contribution < -0.4 is 5.73 Å². The number of anilines is 1. The Morgan fingerprint density at radius 2 is 2.00 bits per heavy atom. The van der Waals surface area contributed by atoms with E-state index in [1.54, 1.807) is 4.52 Å². The van der Waals surface area contributed by atoms with Crippen molar-refractivity contribution in [2.75, 3.05) is 5.73 Å². The Kier molecular flexibility index (Phi) is 3.61. The highest BCUT2D eigenvalue weighted by atomic mass is 16.3. The molecule has 0 bridgehead atoms. The van der Waals surface area contributed by atoms with Crippen molar-refractivity contribution in [2.45, 2.75) is 51.7 Å². The van der Waals surface area contributed by atoms with Crippen LogP contribution in [0.25, 0.3) is 5.52 Å². The van der Waals surface area contributed by atoms with Crippen molar-refractivity contribution in [3.05, 3.63) is 24.2 Å². The molecule has 1 aliphatic carbocycles. The SMILES string of the molecule is CC(C)(C)C[C@H]1C[C@@H](c2ccc3c(N)ncnn23)[C@H](O)[C@@H]1O. The molecule has 0 spiro atoms. The summed E-state index contributed by atoms with van der Waals surface area (Å²) in [5.74, 6) is 0.365. The first-order valence-electron chi connectivity index (χ1n) is 7.72. The molecule has 0 saturated heterocycles. The Morgan fingerprint density at radius 1 is 1.27 bits per heavy atom. The van der Waals surface area contributed by atoms with Crippen LogP contribution in [-0.4, -0.2) is 37.0 Å². The second-order valence-electron chi connectivity index (χ2n) is 7.55. The van der Waals surface area contributed by atoms with E-state index in [0.717, 1.165) is 24.1 Å². The lowest BCUT2D eigenvalue weighted by molar-refractivity contribution is 0.00609. The lowest BCUT2D eigenvalue weighted by Crippen LogP contribution is -2.29. The first-order chi connectivity index (χ1) is 10.3. The fraction of sp³-hybridized carbons (Fsp3) is 0.625. The molecule has 0 aromatic carbocycles. The molecule has 2 heterocycles. The second kappa shape index (κ2) is 5.21. The summed E-state index contributed by atoms with van der Waals surface area (Å²) in [5.41, 5.74) is 7.59. The van der Waals surface area contributed by atoms with Gasteiger partial charge in [-0.2, -0.15) is 5.10 Å². The zero-order valence-electron chi connectivity index (χ0n) is 13.3. The summed E-state index contributed by atoms with van der Waals surface area (Å²) in [6, 6.07) is 3.78. The minimum atomic E-state index is -0.776. The first-order valence-corrected chi connectivity index (χ1v) is 7.72. The standard InChI is InChI=1S/C16H24N4O2/c1-16(2,3)7-9-6-10(14(22)13(9)21)11-4-5-12-15(17)18-8-19-20(11)12/h4-5,8-10,13-14,21-22H,6-7H2,1-3H3,(H2,17,18,19)/t9-,10+,13-,14+/m1/s1. The largest absolute Gasteiger partial charge is 0.390 e. The molecule has 2 aromatic rings. The van der Waals surface area contributed by atoms with Crippen LogP contribution in [0.4, 0.5) is 5.82 Å². The Morgan fingerprint density at radius 3 is 2.68 bits per heavy atom. The van der Waals surface area contributed by atoms with Crippen molar-refractivity contribution in [3.63, 3.8) is 0 Å². The lowest BCUT2D eigenvalue weighted by Gasteiger charge is -2.25. The number of aromatic nitrogens is 3. The van der Waals surface area contributed by atoms with Gasteiger partial charge in [0.2, 0.25) is 0 Å². The van der Waals surface area contributed by atoms with Gasteiger partial charge in [-0.3, -0.25) is 0 Å². The number of fused-ring (bicyclic) bond motifs is 1. The average molecular weight is 304 g/mol. The summed E-state index contributed by atoms with van der Waals surface area (Å²) < 4.78 is 1.72. The molecule has 6 heteroatoms. The van der Waals surface area contributed by atoms with Gasteiger partial charge in [-0.25, -0.2) is 9.50 Å². The number of aliphatic hydroxyl groups is 2. The maximum atomic E-state index is 10.5. The summed E-state index contributed by atoms with van der Waals surface area (Å²) in [5, 5.41) is 25.1. The van der Waals surface area contributed by atoms with E-state index >= 15 is 0 Å². The molecule has 2 aromatic heterocycles. The van der Waals surface area contributed by atoms with Crippen LogP contribution in [0.1, 0.15) is 45.2 Å². The van der Waals surface area contributed by atoms with E-state index in [0.29, 0.717) is 5.82 Å². The van der Waals surface area contributed by atoms with Crippen LogP contribution in [0, 0.1) is 11.3 Å². The van der Waals surface area contributed by atoms with E-state index in [4.69, 9.17) is 5.73 Å². The van der Waals surface area contributed by atoms with Crippen LogP contribution in [0.15, 0.2) is 18.5 Å². The number of rotatable bonds is 2. The van der Waals surface area contributed by atoms with Crippen molar-refractivity contribution in [1.82, 2.24) is 14.6 Å². The number of hydrogen-bond donors (Lipinski definition) is 3. The predicted octanol–water partition coefficient (Wildman–Crippen LogP) is 1.57. The minimum absolute atomic E-state index is 0.0877. The van der Waals surface area contributed by atoms with Gasteiger partial charge in [0, 0.05) is 11.6 Å². The van der Waals surface area contributed by atoms with Gasteiger partial charge in [0.25, 0.3) is 0 Å². The highest BCUT2D eigenvalue weighted by molar-refractivity contribution is 5.65. The molecule has 4 N–H and O–H groups in total. The molecule has 1 fully saturated rings. The van der Waals surface area contributed by atoms with Gasteiger partial charge in [0.15, 0.2) is 5.82 Å². The molecule has 22 heavy (non-hydrogen) atoms. The fourth-order valence-electron chi connectivity index (χ4n) is 3.66. The van der Waals surface area contributed by atoms with Crippen LogP contribution in [0.2, 0.25) is 0 Å². The lowest BCUT2D eigenvalue weighted by atomic mass is 9.83. The maximum absolute atomic E-state index is 10.5. The number of aliphatic hydroxyl groups excluding tert-OH is 2. The average Bonchev–Trinajstić information content (AvgIpc) is 2.95. The summed E-state index contributed by atoms with van der Waals surface area (Å²) in [7, 11) is 0. The third-order valence-electron chi connectivity index (χ3n) is 4.57. The van der Waals surface area contributed by atoms with Crippen molar-refractivity contribution in [3.8, 4) is 0 Å². The van der Waals surface area contributed by atoms with Gasteiger partial charge < -0.3 is 15.9 Å². The van der Waals surface area contributed by atoms with Crippen molar-refractivity contribution < 1.29 is 10.2 Å². The van der Waals surface area contributed by atoms with Crippen LogP contribution in [0.5, 0.6) is 0 Å². The van der Waals surface area contributed by atoms with Crippen molar-refractivity contribution >= 4 is 11.3 Å². The smallest absolute Gasteiger partial charge is 0.151 e. The molecule has 1 saturated carbocycles. The van der Waals surface area contributed by atoms with E-state index in [-0.39, 0.29) is 17.3 Å². The first kappa shape index (κ1) is 15.2. The molecule has 6 nitrogen and oxygen atoms in total. The highest BCUT2D eigenvalue weighted by Crippen LogP contribution is 2.43. The van der Waals surface area contributed by atoms with Gasteiger partial charge >= 0.3 is 0 Å². The molecule has 120 valence electrons. The van der Waals surface area contributed by atoms with Crippen LogP contribution >= 0.6 is 0 Å². The Balaban J connectivity index is 1.93. The number of nitrogens with two attached hydrogens (primary N) is 1. The third-order valence-corrected chi connectivity index (χ3v) is 4.57. The molecule has 0 radical (unpaired) electrons. The van der Waals surface area contributed by atoms with Crippen LogP contribution in [0.3, 0.4) is 0 Å². The summed E-state index contributed by atoms with van der Waals surface area (Å²) >= 11 is 0. The molecular weight excluding hydrogens is 280 g/mol. The van der Waals surface area contributed by atoms with Gasteiger partial charge in [-0.1, -0.05) is 20.8 Å². The summed E-state index contributed by atoms with van der Waals surface area (Å²) in [6.07, 6.45) is 1.56. The second-order valence-corrected chi connectivity index (χ2v) is 7.55. The highest BCUT2D eigenvalue weighted by Gasteiger charge is 2.44. The molecule has 0 amide bonds. The molecule has 4 atom stereocenters. The molecule has 1 aliphatic rings. The quantitative estimate of drug-likeness (QED) is 0.782. The van der Waals surface area contributed by atoms with Gasteiger partial charge in [-0.05, 0) is 36.3 Å². The molecule has 0 aliphatic heterocycles. The number of nitrogen functional groups attached to an aromatic ring is 1. The van der Waals surface area contributed by atoms with E-state index < -0.39 is 12.2 Å². The van der Waals surface area contributed by atoms with Gasteiger partial charge in [-0.15, -0.1) is 0 Å². The minimum Gasteiger partial charge on any atom is -0.390 e. The fourth-order valence-corrected chi connectivity index (χ4v) is 3.66. The molecule has 3 rings (SSSR count). The van der Waals surface area contributed by atoms with Gasteiger partial charge in [0.05, 0.1) is 12.2 Å². The molecule has 0 unspecified atom stereocenters. The summed E-state index contributed by atoms with van der Waals surface area (Å²) in [6.45, 7) is 6.46. The molecular formula is C16H24N4O2. The third kappa shape index (κ3) is 2.57. The Labute approximate surface area is 130 Å². The zero-order chi connectivity index (χ0) is 16.1. The topological polar surface area (TPSA) is 96.7 Å². The Bertz CT molecular complexity index is 676. The number of nitrogens with zero attached hydrogens (tertiary/aromatic N) is 3. The zero-order valence-corrected chi connectivity index (χ0v) is 13.3. The predicted molar refractivity (Wildman–Crippen MR) is 84.3 cm³/mol. The monoisotopic (exact) mass is 304 g/mol. The van der Waals surface area contributed by atoms with Crippen molar-refractivity contribution in [1.29, 1.82) is 0 Å². The normalized spacial score (nSPS) is 29.3. The van der Waals surface area contributed by atoms with Crippen molar-refractivity contribution in [2.24, 2.45) is 11.3 Å². The summed E-state index contributed by atoms with van der Waals surface area (Å²) in [4.78, 5) is 3.98. The van der Waals surface area contributed by atoms with Gasteiger partial charge in [0.1, 0.15) is 11.8 Å². The van der Waals surface area contributed by atoms with E-state index in [2.05, 4.69) is 30.9 Å². The van der Waals surface area contributed by atoms with E-state index in [9.17, 15) is 10.2 Å². The van der Waals surface area contributed by atoms with Crippen LogP contribution in [-0.2, 0) is 0 Å². The Hall–Kier alpha value is -1.66. The maximum Gasteiger partial charge on any atom is 0.151 e.